The number of nitrogens with zero attached hydrogens (tertiary/aromatic N) is 13. The monoisotopic (exact) mass is 1670 g/mol. The van der Waals surface area contributed by atoms with E-state index in [4.69, 9.17) is 42.9 Å². The molecule has 12 aromatic rings. The lowest BCUT2D eigenvalue weighted by Gasteiger charge is -2.34. The Kier molecular flexibility index (Phi) is 28.7. The van der Waals surface area contributed by atoms with Crippen molar-refractivity contribution in [1.29, 1.82) is 0 Å². The third kappa shape index (κ3) is 20.6. The summed E-state index contributed by atoms with van der Waals surface area (Å²) in [5.74, 6) is 3.37. The van der Waals surface area contributed by atoms with E-state index in [1.807, 2.05) is 76.2 Å². The largest absolute Gasteiger partial charge is 0.370 e. The van der Waals surface area contributed by atoms with Gasteiger partial charge < -0.3 is 92.3 Å². The Labute approximate surface area is 718 Å². The van der Waals surface area contributed by atoms with Crippen molar-refractivity contribution < 1.29 is 19.0 Å². The molecule has 8 aromatic carbocycles. The van der Waals surface area contributed by atoms with Crippen LogP contribution in [0.15, 0.2) is 109 Å². The molecule has 4 aromatic heterocycles. The second kappa shape index (κ2) is 39.8. The number of benzene rings is 8. The number of halogens is 4. The lowest BCUT2D eigenvalue weighted by atomic mass is 10.0. The number of nitrogens with one attached hydrogen (secondary N) is 5. The second-order valence-corrected chi connectivity index (χ2v) is 34.7. The molecule has 17 rings (SSSR count). The van der Waals surface area contributed by atoms with E-state index < -0.39 is 0 Å². The van der Waals surface area contributed by atoms with Gasteiger partial charge in [-0.15, -0.1) is 0 Å². The Morgan fingerprint density at radius 3 is 0.984 bits per heavy atom. The first-order valence-electron chi connectivity index (χ1n) is 44.1. The molecule has 5 fully saturated rings. The number of likely N-dealkylation sites (N-methyl/N-ethyl adjacent to an activating group) is 1. The maximum Gasteiger partial charge on any atom is 0.204 e. The van der Waals surface area contributed by atoms with Crippen molar-refractivity contribution in [2.24, 2.45) is 28.9 Å². The molecule has 0 atom stereocenters. The van der Waals surface area contributed by atoms with E-state index in [9.17, 15) is 17.6 Å². The Bertz CT molecular complexity index is 5580. The molecule has 0 radical (unpaired) electrons. The van der Waals surface area contributed by atoms with E-state index in [2.05, 4.69) is 153 Å². The first-order chi connectivity index (χ1) is 58.9. The predicted molar refractivity (Wildman–Crippen MR) is 499 cm³/mol. The van der Waals surface area contributed by atoms with E-state index in [-0.39, 0.29) is 30.7 Å². The molecule has 0 amide bonds. The zero-order valence-corrected chi connectivity index (χ0v) is 73.6. The topological polar surface area (TPSA) is 252 Å². The number of anilines is 8. The highest BCUT2D eigenvalue weighted by Gasteiger charge is 2.28. The highest BCUT2D eigenvalue weighted by molar-refractivity contribution is 5.95. The van der Waals surface area contributed by atoms with Crippen molar-refractivity contribution in [3.63, 3.8) is 0 Å². The minimum absolute atomic E-state index is 0. The summed E-state index contributed by atoms with van der Waals surface area (Å²) >= 11 is 0. The molecular formula is C96H130F4N22. The lowest BCUT2D eigenvalue weighted by Crippen LogP contribution is -2.45. The van der Waals surface area contributed by atoms with E-state index in [0.717, 1.165) is 194 Å². The summed E-state index contributed by atoms with van der Waals surface area (Å²) in [6.45, 7) is 38.9. The normalized spacial score (nSPS) is 15.5. The van der Waals surface area contributed by atoms with E-state index >= 15 is 0 Å². The average Bonchev–Trinajstić information content (AvgIpc) is 1.64. The van der Waals surface area contributed by atoms with Gasteiger partial charge >= 0.3 is 0 Å². The van der Waals surface area contributed by atoms with Crippen LogP contribution in [0.4, 0.5) is 64.1 Å². The van der Waals surface area contributed by atoms with Crippen LogP contribution < -0.4 is 69.1 Å². The first-order valence-corrected chi connectivity index (χ1v) is 44.1. The number of fused-ring (bicyclic) bond motifs is 4. The molecule has 0 bridgehead atoms. The number of piperidine rings is 3. The zero-order valence-electron chi connectivity index (χ0n) is 73.6. The molecule has 5 aliphatic rings. The minimum atomic E-state index is -0.177. The predicted octanol–water partition coefficient (Wildman–Crippen LogP) is 15.6. The summed E-state index contributed by atoms with van der Waals surface area (Å²) in [7, 11) is 2.16. The zero-order chi connectivity index (χ0) is 86.0. The van der Waals surface area contributed by atoms with Gasteiger partial charge in [0.25, 0.3) is 0 Å². The standard InChI is InChI=1S/C26H34FN5.C24H33FN6.C23H31FN6.C23H30FN5.H2/c1-17-9-22(31-7-5-4-6-8-31)25-23(10-17)32(26(30-25)29-15-21-13-28-14-21)16-20-11-18(2)24(27)19(3)12-20;1-15-10-20(30-8-4-19(27)5-9-30)23-21(11-15)31(24(29-23)28-7-6-26)14-18-12-16(2)22(25)17(3)13-18;1-16-12-20(29-10-8-28(3)9-11-29)22-21(13-16)30(23(27-22)26-7-6-25)15-18-4-5-19(24)17(2)14-18;1-16-12-20(28-10-4-3-5-11-28)22-21(13-16)29(23(27-22)26-9-8-25)15-18-6-7-19(24)17(2)14-18;/h9-12,21,28H,4-8,13-16H2,1-3H3,(H,29,30);10-13,19H,4-9,14,26-27H2,1-3H3,(H,28,29);4-5,12-14H,6-11,15,25H2,1-3H3,(H,26,27);6-7,12-14H,3-5,8-11,15,25H2,1-2H3,(H,26,27);1H. The number of aromatic nitrogens is 8. The SMILES string of the molecule is Cc1cc(N2CCC(N)CC2)c2nc(NCCN)n(Cc3cc(C)c(F)c(C)c3)c2c1.Cc1cc(N2CCCCC2)c2nc(NCC3CNC3)n(Cc3cc(C)c(F)c(C)c3)c2c1.Cc1cc(N2CCCCC2)c2nc(NCCN)n(Cc3ccc(F)c(C)c3)c2c1.Cc1cc(N2CCN(C)CC2)c2nc(NCCN)n(Cc3ccc(F)c(C)c3)c2c1.[HH]. The highest BCUT2D eigenvalue weighted by Crippen LogP contribution is 2.39. The smallest absolute Gasteiger partial charge is 0.204 e. The van der Waals surface area contributed by atoms with Crippen molar-refractivity contribution in [2.45, 2.75) is 153 Å². The van der Waals surface area contributed by atoms with Crippen molar-refractivity contribution in [1.82, 2.24) is 48.4 Å². The van der Waals surface area contributed by atoms with Crippen LogP contribution in [-0.2, 0) is 26.2 Å². The number of nitrogens with two attached hydrogens (primary N) is 4. The average molecular weight is 1670 g/mol. The molecule has 26 heteroatoms. The summed E-state index contributed by atoms with van der Waals surface area (Å²) in [6, 6.07) is 36.4. The molecule has 5 aliphatic heterocycles. The van der Waals surface area contributed by atoms with Crippen molar-refractivity contribution >= 4 is 90.7 Å². The molecule has 0 spiro atoms. The van der Waals surface area contributed by atoms with Crippen molar-refractivity contribution in [3.8, 4) is 0 Å². The Hall–Kier alpha value is -10.5. The summed E-state index contributed by atoms with van der Waals surface area (Å²) in [4.78, 5) is 32.2. The van der Waals surface area contributed by atoms with E-state index in [1.54, 1.807) is 19.9 Å². The van der Waals surface area contributed by atoms with Gasteiger partial charge in [-0.2, -0.15) is 0 Å². The van der Waals surface area contributed by atoms with Crippen LogP contribution >= 0.6 is 0 Å². The van der Waals surface area contributed by atoms with Crippen molar-refractivity contribution in [3.05, 3.63) is 210 Å². The Balaban J connectivity index is 0.000000141. The van der Waals surface area contributed by atoms with Gasteiger partial charge in [-0.05, 0) is 266 Å². The lowest BCUT2D eigenvalue weighted by molar-refractivity contribution is 0.313. The molecule has 0 unspecified atom stereocenters. The fourth-order valence-corrected chi connectivity index (χ4v) is 17.8. The van der Waals surface area contributed by atoms with Gasteiger partial charge in [-0.3, -0.25) is 0 Å². The fraction of sp³-hybridized carbons (Fsp3) is 0.458. The van der Waals surface area contributed by atoms with Crippen LogP contribution in [0, 0.1) is 98.4 Å². The van der Waals surface area contributed by atoms with E-state index in [0.29, 0.717) is 105 Å². The maximum absolute atomic E-state index is 14.2. The van der Waals surface area contributed by atoms with Gasteiger partial charge in [0, 0.05) is 138 Å². The summed E-state index contributed by atoms with van der Waals surface area (Å²) in [5.41, 5.74) is 49.8. The molecule has 9 heterocycles. The van der Waals surface area contributed by atoms with Gasteiger partial charge in [-0.25, -0.2) is 37.5 Å². The number of aryl methyl sites for hydroxylation is 10. The highest BCUT2D eigenvalue weighted by atomic mass is 19.1. The summed E-state index contributed by atoms with van der Waals surface area (Å²) in [6.07, 6.45) is 9.52. The molecular weight excluding hydrogens is 1540 g/mol. The van der Waals surface area contributed by atoms with Crippen LogP contribution in [0.25, 0.3) is 44.1 Å². The molecule has 5 saturated heterocycles. The molecule has 652 valence electrons. The fourth-order valence-electron chi connectivity index (χ4n) is 17.8. The maximum atomic E-state index is 14.2. The molecule has 0 saturated carbocycles. The molecule has 0 aliphatic carbocycles. The quantitative estimate of drug-likeness (QED) is 0.0255. The van der Waals surface area contributed by atoms with Gasteiger partial charge in [0.15, 0.2) is 0 Å². The van der Waals surface area contributed by atoms with Crippen LogP contribution in [0.3, 0.4) is 0 Å². The number of rotatable bonds is 24. The first kappa shape index (κ1) is 87.9. The van der Waals surface area contributed by atoms with Crippen LogP contribution in [0.2, 0.25) is 0 Å². The van der Waals surface area contributed by atoms with Crippen molar-refractivity contribution in [2.75, 3.05) is 172 Å². The van der Waals surface area contributed by atoms with E-state index in [1.165, 1.54) is 83.9 Å². The second-order valence-electron chi connectivity index (χ2n) is 34.7. The Morgan fingerprint density at radius 2 is 0.672 bits per heavy atom. The van der Waals surface area contributed by atoms with Crippen LogP contribution in [-0.4, -0.2) is 181 Å². The molecule has 13 N–H and O–H groups in total. The third-order valence-electron chi connectivity index (χ3n) is 24.5. The van der Waals surface area contributed by atoms with Crippen LogP contribution in [0.5, 0.6) is 0 Å². The summed E-state index contributed by atoms with van der Waals surface area (Å²) < 4.78 is 64.8. The minimum Gasteiger partial charge on any atom is -0.370 e. The number of piperazine rings is 1. The molecule has 122 heavy (non-hydrogen) atoms. The summed E-state index contributed by atoms with van der Waals surface area (Å²) in [5, 5.41) is 17.1. The van der Waals surface area contributed by atoms with Gasteiger partial charge in [0.1, 0.15) is 45.3 Å². The number of imidazole rings is 4. The Morgan fingerprint density at radius 1 is 0.369 bits per heavy atom. The van der Waals surface area contributed by atoms with Gasteiger partial charge in [0.2, 0.25) is 23.8 Å². The third-order valence-corrected chi connectivity index (χ3v) is 24.5. The van der Waals surface area contributed by atoms with Crippen LogP contribution in [0.1, 0.15) is 131 Å². The number of hydrogen-bond donors (Lipinski definition) is 9. The molecule has 22 nitrogen and oxygen atoms in total. The number of hydrogen-bond acceptors (Lipinski definition) is 18. The van der Waals surface area contributed by atoms with Gasteiger partial charge in [0.05, 0.1) is 71.0 Å². The van der Waals surface area contributed by atoms with Gasteiger partial charge in [-0.1, -0.05) is 48.5 Å².